The molecule has 0 saturated heterocycles. The normalized spacial score (nSPS) is 12.2. The Morgan fingerprint density at radius 1 is 1.00 bits per heavy atom. The highest BCUT2D eigenvalue weighted by molar-refractivity contribution is 7.91. The quantitative estimate of drug-likeness (QED) is 0.851. The number of anilines is 1. The summed E-state index contributed by atoms with van der Waals surface area (Å²) in [6.45, 7) is 5.78. The highest BCUT2D eigenvalue weighted by Gasteiger charge is 2.15. The predicted molar refractivity (Wildman–Crippen MR) is 93.2 cm³/mol. The van der Waals surface area contributed by atoms with E-state index < -0.39 is 15.4 Å². The largest absolute Gasteiger partial charge is 0.386 e. The Labute approximate surface area is 138 Å². The topological polar surface area (TPSA) is 66.4 Å². The van der Waals surface area contributed by atoms with Crippen LogP contribution in [0.4, 0.5) is 5.69 Å². The van der Waals surface area contributed by atoms with Crippen molar-refractivity contribution < 1.29 is 13.5 Å². The van der Waals surface area contributed by atoms with E-state index >= 15 is 0 Å². The summed E-state index contributed by atoms with van der Waals surface area (Å²) in [7, 11) is -3.15. The molecule has 2 N–H and O–H groups in total. The van der Waals surface area contributed by atoms with Gasteiger partial charge < -0.3 is 10.4 Å². The molecular weight excluding hydrogens is 310 g/mol. The lowest BCUT2D eigenvalue weighted by molar-refractivity contribution is 0.0786. The summed E-state index contributed by atoms with van der Waals surface area (Å²) in [6, 6.07) is 14.5. The van der Waals surface area contributed by atoms with E-state index in [1.54, 1.807) is 45.0 Å². The van der Waals surface area contributed by atoms with Crippen molar-refractivity contribution in [2.24, 2.45) is 0 Å². The second-order valence-electron chi connectivity index (χ2n) is 6.04. The monoisotopic (exact) mass is 333 g/mol. The van der Waals surface area contributed by atoms with Crippen LogP contribution in [-0.4, -0.2) is 19.3 Å². The van der Waals surface area contributed by atoms with Gasteiger partial charge >= 0.3 is 0 Å². The van der Waals surface area contributed by atoms with Crippen molar-refractivity contribution >= 4 is 15.5 Å². The van der Waals surface area contributed by atoms with E-state index in [1.165, 1.54) is 0 Å². The van der Waals surface area contributed by atoms with Crippen molar-refractivity contribution in [3.8, 4) is 0 Å². The number of hydrogen-bond acceptors (Lipinski definition) is 4. The minimum absolute atomic E-state index is 0.104. The van der Waals surface area contributed by atoms with E-state index in [-0.39, 0.29) is 5.75 Å². The zero-order valence-corrected chi connectivity index (χ0v) is 14.5. The first-order chi connectivity index (χ1) is 10.7. The molecule has 23 heavy (non-hydrogen) atoms. The van der Waals surface area contributed by atoms with Crippen LogP contribution in [0.15, 0.2) is 53.4 Å². The van der Waals surface area contributed by atoms with Gasteiger partial charge in [0.1, 0.15) is 0 Å². The van der Waals surface area contributed by atoms with Crippen molar-refractivity contribution in [1.29, 1.82) is 0 Å². The smallest absolute Gasteiger partial charge is 0.178 e. The van der Waals surface area contributed by atoms with Crippen molar-refractivity contribution in [2.75, 3.05) is 11.1 Å². The maximum Gasteiger partial charge on any atom is 0.178 e. The van der Waals surface area contributed by atoms with Gasteiger partial charge in [-0.15, -0.1) is 0 Å². The fourth-order valence-corrected chi connectivity index (χ4v) is 3.07. The molecule has 2 rings (SSSR count). The van der Waals surface area contributed by atoms with E-state index in [4.69, 9.17) is 0 Å². The lowest BCUT2D eigenvalue weighted by Crippen LogP contribution is -2.15. The molecule has 0 saturated carbocycles. The van der Waals surface area contributed by atoms with Crippen LogP contribution in [0.1, 0.15) is 31.9 Å². The van der Waals surface area contributed by atoms with Gasteiger partial charge in [-0.1, -0.05) is 31.2 Å². The first-order valence-electron chi connectivity index (χ1n) is 7.61. The second kappa shape index (κ2) is 6.72. The molecule has 124 valence electrons. The second-order valence-corrected chi connectivity index (χ2v) is 8.32. The summed E-state index contributed by atoms with van der Waals surface area (Å²) >= 11 is 0. The Kier molecular flexibility index (Phi) is 5.12. The highest BCUT2D eigenvalue weighted by atomic mass is 32.2. The van der Waals surface area contributed by atoms with E-state index in [9.17, 15) is 13.5 Å². The molecule has 0 aliphatic rings. The minimum Gasteiger partial charge on any atom is -0.386 e. The molecule has 0 unspecified atom stereocenters. The maximum absolute atomic E-state index is 11.8. The molecule has 0 spiro atoms. The summed E-state index contributed by atoms with van der Waals surface area (Å²) < 4.78 is 23.5. The van der Waals surface area contributed by atoms with Crippen LogP contribution in [0.25, 0.3) is 0 Å². The van der Waals surface area contributed by atoms with Crippen LogP contribution in [0.2, 0.25) is 0 Å². The van der Waals surface area contributed by atoms with Gasteiger partial charge in [0, 0.05) is 12.2 Å². The van der Waals surface area contributed by atoms with Crippen molar-refractivity contribution in [3.05, 3.63) is 59.7 Å². The number of nitrogens with one attached hydrogen (secondary N) is 1. The molecule has 0 atom stereocenters. The molecule has 5 heteroatoms. The average Bonchev–Trinajstić information content (AvgIpc) is 2.53. The van der Waals surface area contributed by atoms with Crippen LogP contribution >= 0.6 is 0 Å². The van der Waals surface area contributed by atoms with Crippen LogP contribution in [-0.2, 0) is 22.0 Å². The summed E-state index contributed by atoms with van der Waals surface area (Å²) in [6.07, 6.45) is 0. The first kappa shape index (κ1) is 17.5. The molecule has 0 fully saturated rings. The summed E-state index contributed by atoms with van der Waals surface area (Å²) in [4.78, 5) is 0.347. The molecule has 2 aromatic rings. The lowest BCUT2D eigenvalue weighted by atomic mass is 9.97. The number of aliphatic hydroxyl groups is 1. The standard InChI is InChI=1S/C18H23NO3S/c1-4-23(21,22)17-11-9-16(10-12-17)19-13-14-5-7-15(8-6-14)18(2,3)20/h5-12,19-20H,4,13H2,1-3H3. The molecule has 4 nitrogen and oxygen atoms in total. The highest BCUT2D eigenvalue weighted by Crippen LogP contribution is 2.20. The third-order valence-corrected chi connectivity index (χ3v) is 5.50. The molecule has 0 radical (unpaired) electrons. The third-order valence-electron chi connectivity index (χ3n) is 3.75. The fourth-order valence-electron chi connectivity index (χ4n) is 2.18. The Hall–Kier alpha value is -1.85. The van der Waals surface area contributed by atoms with Crippen molar-refractivity contribution in [3.63, 3.8) is 0 Å². The molecule has 0 aromatic heterocycles. The van der Waals surface area contributed by atoms with Gasteiger partial charge in [-0.25, -0.2) is 8.42 Å². The predicted octanol–water partition coefficient (Wildman–Crippen LogP) is 3.32. The van der Waals surface area contributed by atoms with E-state index in [0.29, 0.717) is 11.4 Å². The van der Waals surface area contributed by atoms with Gasteiger partial charge in [-0.2, -0.15) is 0 Å². The minimum atomic E-state index is -3.15. The zero-order valence-electron chi connectivity index (χ0n) is 13.7. The van der Waals surface area contributed by atoms with Crippen LogP contribution in [0.3, 0.4) is 0 Å². The fraction of sp³-hybridized carbons (Fsp3) is 0.333. The van der Waals surface area contributed by atoms with E-state index in [0.717, 1.165) is 16.8 Å². The summed E-state index contributed by atoms with van der Waals surface area (Å²) in [5.74, 6) is 0.104. The Balaban J connectivity index is 2.01. The first-order valence-corrected chi connectivity index (χ1v) is 9.26. The molecule has 0 aliphatic heterocycles. The maximum atomic E-state index is 11.8. The van der Waals surface area contributed by atoms with Gasteiger partial charge in [0.05, 0.1) is 16.2 Å². The van der Waals surface area contributed by atoms with Gasteiger partial charge in [-0.3, -0.25) is 0 Å². The van der Waals surface area contributed by atoms with Crippen LogP contribution in [0.5, 0.6) is 0 Å². The number of rotatable bonds is 6. The Bertz CT molecular complexity index is 742. The summed E-state index contributed by atoms with van der Waals surface area (Å²) in [5.41, 5.74) is 1.98. The van der Waals surface area contributed by atoms with E-state index in [2.05, 4.69) is 5.32 Å². The van der Waals surface area contributed by atoms with Crippen molar-refractivity contribution in [2.45, 2.75) is 37.8 Å². The van der Waals surface area contributed by atoms with Crippen LogP contribution < -0.4 is 5.32 Å². The number of hydrogen-bond donors (Lipinski definition) is 2. The molecule has 2 aromatic carbocycles. The Morgan fingerprint density at radius 3 is 2.04 bits per heavy atom. The van der Waals surface area contributed by atoms with Gasteiger partial charge in [0.25, 0.3) is 0 Å². The lowest BCUT2D eigenvalue weighted by Gasteiger charge is -2.18. The molecule has 0 bridgehead atoms. The SMILES string of the molecule is CCS(=O)(=O)c1ccc(NCc2ccc(C(C)(C)O)cc2)cc1. The van der Waals surface area contributed by atoms with Crippen molar-refractivity contribution in [1.82, 2.24) is 0 Å². The van der Waals surface area contributed by atoms with Gasteiger partial charge in [0.2, 0.25) is 0 Å². The summed E-state index contributed by atoms with van der Waals surface area (Å²) in [5, 5.41) is 13.2. The van der Waals surface area contributed by atoms with Crippen LogP contribution in [0, 0.1) is 0 Å². The third kappa shape index (κ3) is 4.56. The molecule has 0 amide bonds. The number of benzene rings is 2. The average molecular weight is 333 g/mol. The molecular formula is C18H23NO3S. The molecule has 0 aliphatic carbocycles. The van der Waals surface area contributed by atoms with Gasteiger partial charge in [-0.05, 0) is 49.2 Å². The van der Waals surface area contributed by atoms with Gasteiger partial charge in [0.15, 0.2) is 9.84 Å². The van der Waals surface area contributed by atoms with E-state index in [1.807, 2.05) is 24.3 Å². The number of sulfone groups is 1. The zero-order chi connectivity index (χ0) is 17.1. The Morgan fingerprint density at radius 2 is 1.57 bits per heavy atom. The molecule has 0 heterocycles.